The minimum atomic E-state index is 0. The third-order valence-corrected chi connectivity index (χ3v) is 4.49. The van der Waals surface area contributed by atoms with E-state index < -0.39 is 0 Å². The molecular formula is C17H30Cl2N2O2. The highest BCUT2D eigenvalue weighted by Gasteiger charge is 2.31. The normalized spacial score (nSPS) is 17.4. The molecule has 6 heteroatoms. The first-order chi connectivity index (χ1) is 10.2. The van der Waals surface area contributed by atoms with Crippen molar-refractivity contribution >= 4 is 24.8 Å². The molecule has 1 aromatic rings. The lowest BCUT2D eigenvalue weighted by Crippen LogP contribution is -2.46. The molecule has 1 fully saturated rings. The van der Waals surface area contributed by atoms with E-state index in [1.807, 2.05) is 18.2 Å². The minimum Gasteiger partial charge on any atom is -0.496 e. The lowest BCUT2D eigenvalue weighted by atomic mass is 9.89. The van der Waals surface area contributed by atoms with Crippen LogP contribution in [0.25, 0.3) is 0 Å². The first-order valence-corrected chi connectivity index (χ1v) is 7.88. The van der Waals surface area contributed by atoms with Crippen molar-refractivity contribution in [3.05, 3.63) is 23.8 Å². The molecule has 2 atom stereocenters. The Bertz CT molecular complexity index is 432. The van der Waals surface area contributed by atoms with Crippen LogP contribution in [0.15, 0.2) is 18.2 Å². The first kappa shape index (κ1) is 22.3. The highest BCUT2D eigenvalue weighted by Crippen LogP contribution is 2.41. The summed E-state index contributed by atoms with van der Waals surface area (Å²) in [5.41, 5.74) is 1.19. The van der Waals surface area contributed by atoms with Crippen molar-refractivity contribution in [1.82, 2.24) is 10.2 Å². The Labute approximate surface area is 152 Å². The maximum atomic E-state index is 5.63. The highest BCUT2D eigenvalue weighted by atomic mass is 35.5. The second-order valence-electron chi connectivity index (χ2n) is 5.69. The van der Waals surface area contributed by atoms with E-state index in [-0.39, 0.29) is 24.8 Å². The summed E-state index contributed by atoms with van der Waals surface area (Å²) in [6, 6.07) is 6.40. The van der Waals surface area contributed by atoms with Gasteiger partial charge in [-0.25, -0.2) is 0 Å². The van der Waals surface area contributed by atoms with Crippen LogP contribution in [0, 0.1) is 5.92 Å². The maximum absolute atomic E-state index is 5.63. The molecule has 1 aromatic carbocycles. The molecule has 0 aliphatic carbocycles. The fourth-order valence-corrected chi connectivity index (χ4v) is 3.18. The molecule has 1 heterocycles. The number of halogens is 2. The minimum absolute atomic E-state index is 0. The van der Waals surface area contributed by atoms with E-state index in [1.165, 1.54) is 5.56 Å². The maximum Gasteiger partial charge on any atom is 0.127 e. The molecule has 134 valence electrons. The van der Waals surface area contributed by atoms with Crippen molar-refractivity contribution in [2.75, 3.05) is 40.4 Å². The number of benzene rings is 1. The Kier molecular flexibility index (Phi) is 10.7. The Morgan fingerprint density at radius 1 is 1.09 bits per heavy atom. The fourth-order valence-electron chi connectivity index (χ4n) is 3.18. The monoisotopic (exact) mass is 364 g/mol. The summed E-state index contributed by atoms with van der Waals surface area (Å²) < 4.78 is 11.3. The van der Waals surface area contributed by atoms with Crippen molar-refractivity contribution in [2.24, 2.45) is 5.92 Å². The molecule has 1 N–H and O–H groups in total. The molecule has 0 aromatic heterocycles. The lowest BCUT2D eigenvalue weighted by molar-refractivity contribution is 0.123. The summed E-state index contributed by atoms with van der Waals surface area (Å²) in [5, 5.41) is 3.43. The van der Waals surface area contributed by atoms with Gasteiger partial charge in [0.25, 0.3) is 0 Å². The van der Waals surface area contributed by atoms with Crippen LogP contribution in [0.5, 0.6) is 11.5 Å². The third-order valence-electron chi connectivity index (χ3n) is 4.49. The van der Waals surface area contributed by atoms with Gasteiger partial charge in [0.05, 0.1) is 19.8 Å². The fraction of sp³-hybridized carbons (Fsp3) is 0.647. The van der Waals surface area contributed by atoms with Gasteiger partial charge in [0, 0.05) is 32.2 Å². The zero-order chi connectivity index (χ0) is 15.2. The summed E-state index contributed by atoms with van der Waals surface area (Å²) in [5.74, 6) is 2.41. The molecule has 1 aliphatic rings. The number of nitrogens with one attached hydrogen (secondary N) is 1. The van der Waals surface area contributed by atoms with Crippen molar-refractivity contribution in [2.45, 2.75) is 26.3 Å². The average Bonchev–Trinajstić information content (AvgIpc) is 2.55. The summed E-state index contributed by atoms with van der Waals surface area (Å²) >= 11 is 0. The smallest absolute Gasteiger partial charge is 0.127 e. The van der Waals surface area contributed by atoms with Crippen LogP contribution in [0.4, 0.5) is 0 Å². The largest absolute Gasteiger partial charge is 0.496 e. The van der Waals surface area contributed by atoms with E-state index in [0.717, 1.165) is 44.1 Å². The number of nitrogens with zero attached hydrogens (tertiary/aromatic N) is 1. The Hall–Kier alpha value is -0.680. The van der Waals surface area contributed by atoms with E-state index in [1.54, 1.807) is 14.2 Å². The first-order valence-electron chi connectivity index (χ1n) is 7.88. The Balaban J connectivity index is 0.00000242. The van der Waals surface area contributed by atoms with Gasteiger partial charge in [-0.15, -0.1) is 24.8 Å². The van der Waals surface area contributed by atoms with Gasteiger partial charge in [-0.05, 0) is 18.1 Å². The molecule has 2 rings (SSSR count). The van der Waals surface area contributed by atoms with Gasteiger partial charge < -0.3 is 14.8 Å². The lowest BCUT2D eigenvalue weighted by Gasteiger charge is -2.39. The van der Waals surface area contributed by atoms with Crippen molar-refractivity contribution < 1.29 is 9.47 Å². The molecule has 0 saturated carbocycles. The van der Waals surface area contributed by atoms with Gasteiger partial charge >= 0.3 is 0 Å². The number of piperazine rings is 1. The molecule has 0 radical (unpaired) electrons. The summed E-state index contributed by atoms with van der Waals surface area (Å²) in [6.07, 6.45) is 1.13. The van der Waals surface area contributed by atoms with Gasteiger partial charge in [0.2, 0.25) is 0 Å². The SMILES string of the molecule is CCC(C)[C@@H](c1c(OC)cccc1OC)N1CCNCC1.Cl.Cl. The molecular weight excluding hydrogens is 335 g/mol. The van der Waals surface area contributed by atoms with Gasteiger partial charge in [-0.2, -0.15) is 0 Å². The van der Waals surface area contributed by atoms with E-state index in [4.69, 9.17) is 9.47 Å². The molecule has 1 aliphatic heterocycles. The highest BCUT2D eigenvalue weighted by molar-refractivity contribution is 5.85. The summed E-state index contributed by atoms with van der Waals surface area (Å²) in [7, 11) is 3.48. The molecule has 23 heavy (non-hydrogen) atoms. The van der Waals surface area contributed by atoms with Crippen molar-refractivity contribution in [3.63, 3.8) is 0 Å². The van der Waals surface area contributed by atoms with E-state index >= 15 is 0 Å². The van der Waals surface area contributed by atoms with Crippen molar-refractivity contribution in [3.8, 4) is 11.5 Å². The van der Waals surface area contributed by atoms with Gasteiger partial charge in [0.15, 0.2) is 0 Å². The second kappa shape index (κ2) is 11.0. The molecule has 4 nitrogen and oxygen atoms in total. The Morgan fingerprint density at radius 3 is 2.04 bits per heavy atom. The zero-order valence-electron chi connectivity index (χ0n) is 14.5. The predicted octanol–water partition coefficient (Wildman–Crippen LogP) is 3.54. The standard InChI is InChI=1S/C17H28N2O2.2ClH/c1-5-13(2)17(19-11-9-18-10-12-19)16-14(20-3)7-6-8-15(16)21-4;;/h6-8,13,17-18H,5,9-12H2,1-4H3;2*1H/t13?,17-;;/m0../s1. The van der Waals surface area contributed by atoms with E-state index in [2.05, 4.69) is 24.1 Å². The van der Waals surface area contributed by atoms with Gasteiger partial charge in [0.1, 0.15) is 11.5 Å². The number of hydrogen-bond acceptors (Lipinski definition) is 4. The Morgan fingerprint density at radius 2 is 1.61 bits per heavy atom. The van der Waals surface area contributed by atoms with E-state index in [9.17, 15) is 0 Å². The molecule has 0 spiro atoms. The van der Waals surface area contributed by atoms with Gasteiger partial charge in [-0.3, -0.25) is 4.90 Å². The van der Waals surface area contributed by atoms with Crippen LogP contribution in [0.1, 0.15) is 31.9 Å². The third kappa shape index (κ3) is 5.15. The van der Waals surface area contributed by atoms with Crippen LogP contribution in [0.3, 0.4) is 0 Å². The molecule has 0 bridgehead atoms. The summed E-state index contributed by atoms with van der Waals surface area (Å²) in [4.78, 5) is 2.56. The predicted molar refractivity (Wildman–Crippen MR) is 101 cm³/mol. The van der Waals surface area contributed by atoms with Crippen LogP contribution < -0.4 is 14.8 Å². The molecule has 0 amide bonds. The molecule has 1 unspecified atom stereocenters. The van der Waals surface area contributed by atoms with Crippen LogP contribution >= 0.6 is 24.8 Å². The van der Waals surface area contributed by atoms with Crippen LogP contribution in [-0.2, 0) is 0 Å². The van der Waals surface area contributed by atoms with E-state index in [0.29, 0.717) is 12.0 Å². The number of rotatable bonds is 6. The second-order valence-corrected chi connectivity index (χ2v) is 5.69. The number of methoxy groups -OCH3 is 2. The average molecular weight is 365 g/mol. The molecule has 1 saturated heterocycles. The van der Waals surface area contributed by atoms with Crippen molar-refractivity contribution in [1.29, 1.82) is 0 Å². The van der Waals surface area contributed by atoms with Gasteiger partial charge in [-0.1, -0.05) is 26.3 Å². The number of ether oxygens (including phenoxy) is 2. The topological polar surface area (TPSA) is 33.7 Å². The number of hydrogen-bond donors (Lipinski definition) is 1. The zero-order valence-corrected chi connectivity index (χ0v) is 16.1. The van der Waals surface area contributed by atoms with Crippen LogP contribution in [-0.4, -0.2) is 45.3 Å². The van der Waals surface area contributed by atoms with Crippen LogP contribution in [0.2, 0.25) is 0 Å². The summed E-state index contributed by atoms with van der Waals surface area (Å²) in [6.45, 7) is 8.79. The quantitative estimate of drug-likeness (QED) is 0.836.